The molecule has 2 nitrogen and oxygen atoms in total. The van der Waals surface area contributed by atoms with Gasteiger partial charge in [-0.15, -0.1) is 0 Å². The summed E-state index contributed by atoms with van der Waals surface area (Å²) in [5, 5.41) is 0. The Balaban J connectivity index is 3.20. The quantitative estimate of drug-likeness (QED) is 0.712. The average Bonchev–Trinajstić information content (AvgIpc) is 2.03. The number of nitrogens with two attached hydrogens (primary N) is 1. The standard InChI is InChI=1S/C9H10FNO/c1-2-6-5-7(10)3-4-8(6)9(11)12/h3-5H,2H2,1H3,(H2,11,12). The molecule has 0 fully saturated rings. The van der Waals surface area contributed by atoms with Gasteiger partial charge in [0, 0.05) is 5.56 Å². The molecule has 2 N–H and O–H groups in total. The number of benzene rings is 1. The number of hydrogen-bond donors (Lipinski definition) is 1. The van der Waals surface area contributed by atoms with E-state index in [4.69, 9.17) is 5.73 Å². The number of carbonyl (C=O) groups is 1. The van der Waals surface area contributed by atoms with Crippen molar-refractivity contribution < 1.29 is 9.18 Å². The lowest BCUT2D eigenvalue weighted by atomic mass is 10.0. The molecule has 0 aliphatic rings. The zero-order valence-electron chi connectivity index (χ0n) is 6.80. The Morgan fingerprint density at radius 2 is 2.25 bits per heavy atom. The number of hydrogen-bond acceptors (Lipinski definition) is 1. The van der Waals surface area contributed by atoms with Gasteiger partial charge in [-0.3, -0.25) is 4.79 Å². The summed E-state index contributed by atoms with van der Waals surface area (Å²) in [5.41, 5.74) is 6.14. The lowest BCUT2D eigenvalue weighted by molar-refractivity contribution is 0.0999. The molecule has 1 amide bonds. The second-order valence-electron chi connectivity index (χ2n) is 2.52. The van der Waals surface area contributed by atoms with E-state index in [0.29, 0.717) is 17.5 Å². The Hall–Kier alpha value is -1.38. The molecular weight excluding hydrogens is 157 g/mol. The van der Waals surface area contributed by atoms with Gasteiger partial charge in [0.05, 0.1) is 0 Å². The van der Waals surface area contributed by atoms with Gasteiger partial charge >= 0.3 is 0 Å². The van der Waals surface area contributed by atoms with Crippen LogP contribution in [0, 0.1) is 5.82 Å². The van der Waals surface area contributed by atoms with Gasteiger partial charge in [0.15, 0.2) is 0 Å². The van der Waals surface area contributed by atoms with Crippen molar-refractivity contribution >= 4 is 5.91 Å². The predicted octanol–water partition coefficient (Wildman–Crippen LogP) is 1.49. The first-order valence-corrected chi connectivity index (χ1v) is 3.73. The SMILES string of the molecule is CCc1cc(F)ccc1C(N)=O. The van der Waals surface area contributed by atoms with E-state index in [0.717, 1.165) is 0 Å². The summed E-state index contributed by atoms with van der Waals surface area (Å²) < 4.78 is 12.6. The van der Waals surface area contributed by atoms with E-state index in [2.05, 4.69) is 0 Å². The second-order valence-corrected chi connectivity index (χ2v) is 2.52. The Bertz CT molecular complexity index is 309. The molecular formula is C9H10FNO. The largest absolute Gasteiger partial charge is 0.366 e. The summed E-state index contributed by atoms with van der Waals surface area (Å²) in [6.45, 7) is 1.85. The highest BCUT2D eigenvalue weighted by atomic mass is 19.1. The number of carbonyl (C=O) groups excluding carboxylic acids is 1. The molecule has 0 heterocycles. The maximum absolute atomic E-state index is 12.6. The van der Waals surface area contributed by atoms with E-state index in [1.165, 1.54) is 18.2 Å². The molecule has 12 heavy (non-hydrogen) atoms. The number of halogens is 1. The third kappa shape index (κ3) is 1.61. The maximum atomic E-state index is 12.6. The Morgan fingerprint density at radius 3 is 2.75 bits per heavy atom. The normalized spacial score (nSPS) is 9.83. The second kappa shape index (κ2) is 3.34. The molecule has 3 heteroatoms. The summed E-state index contributed by atoms with van der Waals surface area (Å²) >= 11 is 0. The van der Waals surface area contributed by atoms with Gasteiger partial charge in [0.1, 0.15) is 5.82 Å². The van der Waals surface area contributed by atoms with Gasteiger partial charge in [0.2, 0.25) is 5.91 Å². The Kier molecular flexibility index (Phi) is 2.43. The third-order valence-electron chi connectivity index (χ3n) is 1.71. The van der Waals surface area contributed by atoms with Crippen molar-refractivity contribution in [1.82, 2.24) is 0 Å². The first-order valence-electron chi connectivity index (χ1n) is 3.73. The minimum absolute atomic E-state index is 0.336. The van der Waals surface area contributed by atoms with Crippen LogP contribution < -0.4 is 5.73 Å². The zero-order valence-corrected chi connectivity index (χ0v) is 6.80. The number of rotatable bonds is 2. The Labute approximate surface area is 70.2 Å². The summed E-state index contributed by atoms with van der Waals surface area (Å²) in [4.78, 5) is 10.8. The van der Waals surface area contributed by atoms with Gasteiger partial charge in [-0.1, -0.05) is 6.92 Å². The van der Waals surface area contributed by atoms with Crippen molar-refractivity contribution in [3.8, 4) is 0 Å². The van der Waals surface area contributed by atoms with E-state index in [1.807, 2.05) is 6.92 Å². The molecule has 0 spiro atoms. The van der Waals surface area contributed by atoms with Crippen LogP contribution in [0.2, 0.25) is 0 Å². The topological polar surface area (TPSA) is 43.1 Å². The molecule has 0 aromatic heterocycles. The molecule has 0 atom stereocenters. The van der Waals surface area contributed by atoms with Crippen LogP contribution in [0.4, 0.5) is 4.39 Å². The first-order chi connectivity index (χ1) is 5.65. The highest BCUT2D eigenvalue weighted by Crippen LogP contribution is 2.11. The van der Waals surface area contributed by atoms with Crippen LogP contribution >= 0.6 is 0 Å². The molecule has 64 valence electrons. The molecule has 0 unspecified atom stereocenters. The summed E-state index contributed by atoms with van der Waals surface area (Å²) in [5.74, 6) is -0.844. The van der Waals surface area contributed by atoms with Gasteiger partial charge in [-0.05, 0) is 30.2 Å². The number of primary amides is 1. The van der Waals surface area contributed by atoms with Crippen LogP contribution in [0.25, 0.3) is 0 Å². The van der Waals surface area contributed by atoms with E-state index in [9.17, 15) is 9.18 Å². The minimum atomic E-state index is -0.508. The highest BCUT2D eigenvalue weighted by Gasteiger charge is 2.06. The van der Waals surface area contributed by atoms with Crippen LogP contribution in [-0.4, -0.2) is 5.91 Å². The average molecular weight is 167 g/mol. The van der Waals surface area contributed by atoms with E-state index in [-0.39, 0.29) is 5.82 Å². The predicted molar refractivity (Wildman–Crippen MR) is 44.3 cm³/mol. The molecule has 1 aromatic rings. The summed E-state index contributed by atoms with van der Waals surface area (Å²) in [7, 11) is 0. The number of aryl methyl sites for hydroxylation is 1. The molecule has 1 rings (SSSR count). The molecule has 1 aromatic carbocycles. The van der Waals surface area contributed by atoms with E-state index >= 15 is 0 Å². The summed E-state index contributed by atoms with van der Waals surface area (Å²) in [6, 6.07) is 3.98. The molecule has 0 saturated heterocycles. The van der Waals surface area contributed by atoms with Crippen LogP contribution in [0.5, 0.6) is 0 Å². The fourth-order valence-corrected chi connectivity index (χ4v) is 1.10. The van der Waals surface area contributed by atoms with Crippen molar-refractivity contribution in [2.24, 2.45) is 5.73 Å². The smallest absolute Gasteiger partial charge is 0.248 e. The van der Waals surface area contributed by atoms with E-state index in [1.54, 1.807) is 0 Å². The van der Waals surface area contributed by atoms with Crippen molar-refractivity contribution in [1.29, 1.82) is 0 Å². The van der Waals surface area contributed by atoms with Crippen molar-refractivity contribution in [2.45, 2.75) is 13.3 Å². The van der Waals surface area contributed by atoms with Crippen molar-refractivity contribution in [2.75, 3.05) is 0 Å². The zero-order chi connectivity index (χ0) is 9.14. The van der Waals surface area contributed by atoms with Gasteiger partial charge in [-0.25, -0.2) is 4.39 Å². The van der Waals surface area contributed by atoms with Crippen LogP contribution in [0.1, 0.15) is 22.8 Å². The van der Waals surface area contributed by atoms with Gasteiger partial charge in [0.25, 0.3) is 0 Å². The first kappa shape index (κ1) is 8.71. The van der Waals surface area contributed by atoms with Gasteiger partial charge < -0.3 is 5.73 Å². The highest BCUT2D eigenvalue weighted by molar-refractivity contribution is 5.94. The van der Waals surface area contributed by atoms with Crippen molar-refractivity contribution in [3.05, 3.63) is 35.1 Å². The third-order valence-corrected chi connectivity index (χ3v) is 1.71. The molecule has 0 aliphatic heterocycles. The van der Waals surface area contributed by atoms with Crippen LogP contribution in [-0.2, 0) is 6.42 Å². The fourth-order valence-electron chi connectivity index (χ4n) is 1.10. The fraction of sp³-hybridized carbons (Fsp3) is 0.222. The van der Waals surface area contributed by atoms with Crippen LogP contribution in [0.15, 0.2) is 18.2 Å². The Morgan fingerprint density at radius 1 is 1.58 bits per heavy atom. The molecule has 0 bridgehead atoms. The van der Waals surface area contributed by atoms with E-state index < -0.39 is 5.91 Å². The minimum Gasteiger partial charge on any atom is -0.366 e. The molecule has 0 aliphatic carbocycles. The van der Waals surface area contributed by atoms with Crippen LogP contribution in [0.3, 0.4) is 0 Å². The lowest BCUT2D eigenvalue weighted by Crippen LogP contribution is -2.13. The maximum Gasteiger partial charge on any atom is 0.248 e. The molecule has 0 radical (unpaired) electrons. The molecule has 0 saturated carbocycles. The van der Waals surface area contributed by atoms with Crippen molar-refractivity contribution in [3.63, 3.8) is 0 Å². The summed E-state index contributed by atoms with van der Waals surface area (Å²) in [6.07, 6.45) is 0.607. The number of amides is 1. The van der Waals surface area contributed by atoms with Gasteiger partial charge in [-0.2, -0.15) is 0 Å². The monoisotopic (exact) mass is 167 g/mol. The lowest BCUT2D eigenvalue weighted by Gasteiger charge is -2.02.